The predicted molar refractivity (Wildman–Crippen MR) is 63.7 cm³/mol. The van der Waals surface area contributed by atoms with Crippen LogP contribution < -0.4 is 5.32 Å². The molecule has 1 aromatic carbocycles. The summed E-state index contributed by atoms with van der Waals surface area (Å²) in [4.78, 5) is 11.5. The van der Waals surface area contributed by atoms with Gasteiger partial charge in [0.15, 0.2) is 0 Å². The highest BCUT2D eigenvalue weighted by atomic mass is 35.5. The van der Waals surface area contributed by atoms with Gasteiger partial charge in [0, 0.05) is 17.4 Å². The standard InChI is InChI=1S/C11H12Cl2FNO/c12-5-1-2-6-15-11(16)9-4-3-8(13)7-10(9)14/h3-4,7H,1-2,5-6H2,(H,15,16). The SMILES string of the molecule is O=C(NCCCCCl)c1ccc(Cl)cc1F. The minimum Gasteiger partial charge on any atom is -0.352 e. The summed E-state index contributed by atoms with van der Waals surface area (Å²) < 4.78 is 13.3. The van der Waals surface area contributed by atoms with E-state index in [9.17, 15) is 9.18 Å². The molecule has 0 bridgehead atoms. The Balaban J connectivity index is 2.53. The zero-order chi connectivity index (χ0) is 12.0. The highest BCUT2D eigenvalue weighted by Crippen LogP contribution is 2.14. The zero-order valence-electron chi connectivity index (χ0n) is 8.60. The zero-order valence-corrected chi connectivity index (χ0v) is 10.1. The van der Waals surface area contributed by atoms with Crippen molar-refractivity contribution in [3.05, 3.63) is 34.6 Å². The maximum absolute atomic E-state index is 13.3. The molecule has 5 heteroatoms. The van der Waals surface area contributed by atoms with Crippen LogP contribution in [0.1, 0.15) is 23.2 Å². The van der Waals surface area contributed by atoms with Crippen LogP contribution in [-0.4, -0.2) is 18.3 Å². The van der Waals surface area contributed by atoms with Gasteiger partial charge in [0.2, 0.25) is 0 Å². The Bertz CT molecular complexity index is 371. The first kappa shape index (κ1) is 13.3. The molecular formula is C11H12Cl2FNO. The van der Waals surface area contributed by atoms with Gasteiger partial charge in [-0.15, -0.1) is 11.6 Å². The van der Waals surface area contributed by atoms with Gasteiger partial charge in [-0.3, -0.25) is 4.79 Å². The van der Waals surface area contributed by atoms with E-state index in [0.29, 0.717) is 12.4 Å². The molecule has 16 heavy (non-hydrogen) atoms. The van der Waals surface area contributed by atoms with Crippen LogP contribution in [0.3, 0.4) is 0 Å². The minimum atomic E-state index is -0.609. The van der Waals surface area contributed by atoms with Gasteiger partial charge < -0.3 is 5.32 Å². The van der Waals surface area contributed by atoms with E-state index >= 15 is 0 Å². The summed E-state index contributed by atoms with van der Waals surface area (Å²) in [6.07, 6.45) is 1.61. The molecule has 0 fully saturated rings. The topological polar surface area (TPSA) is 29.1 Å². The lowest BCUT2D eigenvalue weighted by Crippen LogP contribution is -2.25. The Morgan fingerprint density at radius 2 is 2.12 bits per heavy atom. The molecule has 0 spiro atoms. The van der Waals surface area contributed by atoms with Crippen LogP contribution in [0.15, 0.2) is 18.2 Å². The Morgan fingerprint density at radius 3 is 2.75 bits per heavy atom. The first-order valence-corrected chi connectivity index (χ1v) is 5.85. The van der Waals surface area contributed by atoms with Crippen LogP contribution in [0.4, 0.5) is 4.39 Å². The second kappa shape index (κ2) is 6.71. The summed E-state index contributed by atoms with van der Waals surface area (Å²) in [6.45, 7) is 0.494. The van der Waals surface area contributed by atoms with E-state index in [1.807, 2.05) is 0 Å². The molecule has 0 heterocycles. The van der Waals surface area contributed by atoms with Crippen molar-refractivity contribution >= 4 is 29.1 Å². The van der Waals surface area contributed by atoms with Gasteiger partial charge in [0.1, 0.15) is 5.82 Å². The van der Waals surface area contributed by atoms with E-state index in [-0.39, 0.29) is 10.6 Å². The smallest absolute Gasteiger partial charge is 0.254 e. The van der Waals surface area contributed by atoms with E-state index in [4.69, 9.17) is 23.2 Å². The predicted octanol–water partition coefficient (Wildman–Crippen LogP) is 3.23. The molecule has 1 amide bonds. The largest absolute Gasteiger partial charge is 0.352 e. The van der Waals surface area contributed by atoms with Crippen LogP contribution in [0.5, 0.6) is 0 Å². The molecular weight excluding hydrogens is 252 g/mol. The van der Waals surface area contributed by atoms with Crippen molar-refractivity contribution in [3.63, 3.8) is 0 Å². The van der Waals surface area contributed by atoms with Gasteiger partial charge in [-0.25, -0.2) is 4.39 Å². The molecule has 0 aromatic heterocycles. The number of halogens is 3. The molecule has 0 saturated heterocycles. The van der Waals surface area contributed by atoms with Gasteiger partial charge in [0.25, 0.3) is 5.91 Å². The summed E-state index contributed by atoms with van der Waals surface area (Å²) >= 11 is 11.1. The van der Waals surface area contributed by atoms with E-state index in [2.05, 4.69) is 5.32 Å². The second-order valence-corrected chi connectivity index (χ2v) is 4.09. The molecule has 1 aromatic rings. The monoisotopic (exact) mass is 263 g/mol. The number of hydrogen-bond acceptors (Lipinski definition) is 1. The first-order chi connectivity index (χ1) is 7.65. The van der Waals surface area contributed by atoms with Crippen LogP contribution >= 0.6 is 23.2 Å². The normalized spacial score (nSPS) is 10.2. The molecule has 0 aliphatic heterocycles. The maximum Gasteiger partial charge on any atom is 0.254 e. The van der Waals surface area contributed by atoms with Crippen LogP contribution in [-0.2, 0) is 0 Å². The number of unbranched alkanes of at least 4 members (excludes halogenated alkanes) is 1. The molecule has 0 aliphatic rings. The molecule has 0 aliphatic carbocycles. The molecule has 2 nitrogen and oxygen atoms in total. The van der Waals surface area contributed by atoms with Crippen LogP contribution in [0.2, 0.25) is 5.02 Å². The van der Waals surface area contributed by atoms with Gasteiger partial charge in [-0.2, -0.15) is 0 Å². The number of carbonyl (C=O) groups is 1. The second-order valence-electron chi connectivity index (χ2n) is 3.28. The average Bonchev–Trinajstić information content (AvgIpc) is 2.24. The van der Waals surface area contributed by atoms with Crippen molar-refractivity contribution in [2.75, 3.05) is 12.4 Å². The summed E-state index contributed by atoms with van der Waals surface area (Å²) in [5, 5.41) is 2.89. The molecule has 0 unspecified atom stereocenters. The summed E-state index contributed by atoms with van der Waals surface area (Å²) in [7, 11) is 0. The number of carbonyl (C=O) groups excluding carboxylic acids is 1. The number of nitrogens with one attached hydrogen (secondary N) is 1. The highest BCUT2D eigenvalue weighted by Gasteiger charge is 2.10. The lowest BCUT2D eigenvalue weighted by Gasteiger charge is -2.05. The lowest BCUT2D eigenvalue weighted by atomic mass is 10.2. The van der Waals surface area contributed by atoms with Crippen molar-refractivity contribution in [3.8, 4) is 0 Å². The summed E-state index contributed by atoms with van der Waals surface area (Å²) in [5.74, 6) is -0.475. The number of hydrogen-bond donors (Lipinski definition) is 1. The van der Waals surface area contributed by atoms with Gasteiger partial charge in [0.05, 0.1) is 5.56 Å². The van der Waals surface area contributed by atoms with Gasteiger partial charge >= 0.3 is 0 Å². The molecule has 1 N–H and O–H groups in total. The maximum atomic E-state index is 13.3. The first-order valence-electron chi connectivity index (χ1n) is 4.94. The van der Waals surface area contributed by atoms with Crippen molar-refractivity contribution in [1.29, 1.82) is 0 Å². The van der Waals surface area contributed by atoms with E-state index in [0.717, 1.165) is 18.9 Å². The fourth-order valence-corrected chi connectivity index (χ4v) is 1.54. The molecule has 88 valence electrons. The number of benzene rings is 1. The number of amides is 1. The summed E-state index contributed by atoms with van der Waals surface area (Å²) in [6, 6.07) is 3.97. The molecule has 0 saturated carbocycles. The highest BCUT2D eigenvalue weighted by molar-refractivity contribution is 6.30. The fourth-order valence-electron chi connectivity index (χ4n) is 1.19. The van der Waals surface area contributed by atoms with E-state index in [1.165, 1.54) is 12.1 Å². The Hall–Kier alpha value is -0.800. The van der Waals surface area contributed by atoms with Gasteiger partial charge in [-0.05, 0) is 31.0 Å². The fraction of sp³-hybridized carbons (Fsp3) is 0.364. The number of alkyl halides is 1. The Kier molecular flexibility index (Phi) is 5.56. The Labute approximate surface area is 104 Å². The quantitative estimate of drug-likeness (QED) is 0.642. The minimum absolute atomic E-state index is 0.00951. The number of rotatable bonds is 5. The van der Waals surface area contributed by atoms with Crippen molar-refractivity contribution < 1.29 is 9.18 Å². The lowest BCUT2D eigenvalue weighted by molar-refractivity contribution is 0.0949. The third kappa shape index (κ3) is 3.99. The van der Waals surface area contributed by atoms with Crippen molar-refractivity contribution in [1.82, 2.24) is 5.32 Å². The van der Waals surface area contributed by atoms with Crippen molar-refractivity contribution in [2.45, 2.75) is 12.8 Å². The third-order valence-electron chi connectivity index (χ3n) is 2.02. The van der Waals surface area contributed by atoms with E-state index in [1.54, 1.807) is 0 Å². The van der Waals surface area contributed by atoms with Crippen molar-refractivity contribution in [2.24, 2.45) is 0 Å². The molecule has 0 atom stereocenters. The van der Waals surface area contributed by atoms with E-state index < -0.39 is 11.7 Å². The molecule has 1 rings (SSSR count). The molecule has 0 radical (unpaired) electrons. The van der Waals surface area contributed by atoms with Crippen LogP contribution in [0, 0.1) is 5.82 Å². The average molecular weight is 264 g/mol. The third-order valence-corrected chi connectivity index (χ3v) is 2.52. The Morgan fingerprint density at radius 1 is 1.38 bits per heavy atom. The summed E-state index contributed by atoms with van der Waals surface area (Å²) in [5.41, 5.74) is 0.00951. The van der Waals surface area contributed by atoms with Crippen LogP contribution in [0.25, 0.3) is 0 Å². The van der Waals surface area contributed by atoms with Gasteiger partial charge in [-0.1, -0.05) is 11.6 Å².